The molecule has 16 heavy (non-hydrogen) atoms. The van der Waals surface area contributed by atoms with Crippen molar-refractivity contribution in [3.8, 4) is 0 Å². The predicted octanol–water partition coefficient (Wildman–Crippen LogP) is 1.02. The lowest BCUT2D eigenvalue weighted by atomic mass is 10.3. The van der Waals surface area contributed by atoms with Crippen LogP contribution in [-0.4, -0.2) is 39.2 Å². The van der Waals surface area contributed by atoms with Crippen LogP contribution in [0.5, 0.6) is 0 Å². The second-order valence-corrected chi connectivity index (χ2v) is 3.38. The lowest BCUT2D eigenvalue weighted by Gasteiger charge is -2.16. The molecule has 0 saturated heterocycles. The number of aromatic nitrogens is 3. The molecule has 0 atom stereocenters. The number of rotatable bonds is 3. The van der Waals surface area contributed by atoms with E-state index in [1.54, 1.807) is 6.92 Å². The van der Waals surface area contributed by atoms with Gasteiger partial charge in [-0.3, -0.25) is 9.89 Å². The number of nitrogens with one attached hydrogen (secondary N) is 1. The largest absolute Gasteiger partial charge is 0.397 e. The Morgan fingerprint density at radius 1 is 1.50 bits per heavy atom. The van der Waals surface area contributed by atoms with E-state index in [0.717, 1.165) is 4.90 Å². The molecule has 0 aliphatic carbocycles. The Hall–Kier alpha value is -1.60. The van der Waals surface area contributed by atoms with Gasteiger partial charge in [0.25, 0.3) is 0 Å². The molecule has 1 N–H and O–H groups in total. The molecule has 1 heterocycles. The smallest absolute Gasteiger partial charge is 0.338 e. The van der Waals surface area contributed by atoms with Gasteiger partial charge in [-0.05, 0) is 6.92 Å². The summed E-state index contributed by atoms with van der Waals surface area (Å²) in [5, 5.41) is 6.26. The number of H-pyrrole nitrogens is 1. The minimum atomic E-state index is -4.49. The van der Waals surface area contributed by atoms with Gasteiger partial charge in [0, 0.05) is 7.05 Å². The quantitative estimate of drug-likeness (QED) is 0.852. The predicted molar refractivity (Wildman–Crippen MR) is 48.3 cm³/mol. The summed E-state index contributed by atoms with van der Waals surface area (Å²) in [6.45, 7) is 1.62. The van der Waals surface area contributed by atoms with Gasteiger partial charge in [-0.25, -0.2) is 4.98 Å². The maximum Gasteiger partial charge on any atom is 0.397 e. The third-order valence-electron chi connectivity index (χ3n) is 1.80. The summed E-state index contributed by atoms with van der Waals surface area (Å²) in [5.74, 6) is -0.169. The number of nitrogens with zero attached hydrogens (tertiary/aromatic N) is 3. The van der Waals surface area contributed by atoms with Gasteiger partial charge in [0.2, 0.25) is 5.91 Å². The second kappa shape index (κ2) is 4.50. The molecule has 0 aliphatic rings. The molecule has 0 bridgehead atoms. The second-order valence-electron chi connectivity index (χ2n) is 3.38. The zero-order valence-corrected chi connectivity index (χ0v) is 8.80. The van der Waals surface area contributed by atoms with Crippen molar-refractivity contribution in [1.82, 2.24) is 20.1 Å². The third kappa shape index (κ3) is 3.87. The third-order valence-corrected chi connectivity index (χ3v) is 1.80. The van der Waals surface area contributed by atoms with Crippen LogP contribution < -0.4 is 0 Å². The zero-order valence-electron chi connectivity index (χ0n) is 8.80. The number of aryl methyl sites for hydroxylation is 1. The Kier molecular flexibility index (Phi) is 3.51. The summed E-state index contributed by atoms with van der Waals surface area (Å²) in [6, 6.07) is 0. The number of alkyl halides is 3. The molecule has 1 aromatic rings. The SMILES string of the molecule is Cc1nc(CN(C)C(=O)CC(F)(F)F)n[nH]1. The first-order valence-electron chi connectivity index (χ1n) is 4.46. The molecule has 0 saturated carbocycles. The number of halogens is 3. The van der Waals surface area contributed by atoms with Gasteiger partial charge in [-0.15, -0.1) is 0 Å². The number of amides is 1. The van der Waals surface area contributed by atoms with Crippen LogP contribution >= 0.6 is 0 Å². The Morgan fingerprint density at radius 3 is 2.56 bits per heavy atom. The number of carbonyl (C=O) groups excluding carboxylic acids is 1. The van der Waals surface area contributed by atoms with E-state index in [1.165, 1.54) is 7.05 Å². The van der Waals surface area contributed by atoms with Crippen molar-refractivity contribution in [2.24, 2.45) is 0 Å². The highest BCUT2D eigenvalue weighted by molar-refractivity contribution is 5.76. The molecule has 0 fully saturated rings. The lowest BCUT2D eigenvalue weighted by molar-refractivity contribution is -0.160. The average molecular weight is 236 g/mol. The van der Waals surface area contributed by atoms with Gasteiger partial charge in [0.05, 0.1) is 6.54 Å². The van der Waals surface area contributed by atoms with E-state index in [-0.39, 0.29) is 12.4 Å². The molecular weight excluding hydrogens is 225 g/mol. The van der Waals surface area contributed by atoms with Gasteiger partial charge < -0.3 is 4.90 Å². The normalized spacial score (nSPS) is 11.6. The van der Waals surface area contributed by atoms with E-state index in [1.807, 2.05) is 0 Å². The van der Waals surface area contributed by atoms with Gasteiger partial charge in [-0.1, -0.05) is 0 Å². The van der Waals surface area contributed by atoms with E-state index in [4.69, 9.17) is 0 Å². The Morgan fingerprint density at radius 2 is 2.12 bits per heavy atom. The fraction of sp³-hybridized carbons (Fsp3) is 0.625. The molecule has 0 unspecified atom stereocenters. The van der Waals surface area contributed by atoms with Gasteiger partial charge >= 0.3 is 6.18 Å². The first-order chi connectivity index (χ1) is 7.28. The highest BCUT2D eigenvalue weighted by Crippen LogP contribution is 2.20. The fourth-order valence-corrected chi connectivity index (χ4v) is 1.07. The van der Waals surface area contributed by atoms with E-state index in [9.17, 15) is 18.0 Å². The molecule has 0 aliphatic heterocycles. The van der Waals surface area contributed by atoms with Crippen LogP contribution in [0.15, 0.2) is 0 Å². The molecule has 90 valence electrons. The highest BCUT2D eigenvalue weighted by atomic mass is 19.4. The van der Waals surface area contributed by atoms with Crippen molar-refractivity contribution < 1.29 is 18.0 Å². The molecule has 0 spiro atoms. The Balaban J connectivity index is 2.52. The van der Waals surface area contributed by atoms with Crippen molar-refractivity contribution in [1.29, 1.82) is 0 Å². The average Bonchev–Trinajstić information content (AvgIpc) is 2.48. The van der Waals surface area contributed by atoms with Crippen LogP contribution in [0, 0.1) is 6.92 Å². The maximum atomic E-state index is 11.9. The van der Waals surface area contributed by atoms with E-state index < -0.39 is 18.5 Å². The minimum Gasteiger partial charge on any atom is -0.338 e. The van der Waals surface area contributed by atoms with Crippen molar-refractivity contribution in [3.63, 3.8) is 0 Å². The molecule has 5 nitrogen and oxygen atoms in total. The molecule has 1 amide bonds. The number of hydrogen-bond acceptors (Lipinski definition) is 3. The van der Waals surface area contributed by atoms with Crippen LogP contribution in [0.25, 0.3) is 0 Å². The first kappa shape index (κ1) is 12.5. The van der Waals surface area contributed by atoms with Gasteiger partial charge in [0.15, 0.2) is 5.82 Å². The summed E-state index contributed by atoms with van der Waals surface area (Å²) < 4.78 is 35.8. The lowest BCUT2D eigenvalue weighted by Crippen LogP contribution is -2.30. The molecule has 0 aromatic carbocycles. The van der Waals surface area contributed by atoms with Crippen LogP contribution in [-0.2, 0) is 11.3 Å². The molecule has 1 aromatic heterocycles. The monoisotopic (exact) mass is 236 g/mol. The fourth-order valence-electron chi connectivity index (χ4n) is 1.07. The number of carbonyl (C=O) groups is 1. The van der Waals surface area contributed by atoms with Crippen LogP contribution in [0.1, 0.15) is 18.1 Å². The van der Waals surface area contributed by atoms with E-state index in [2.05, 4.69) is 15.2 Å². The Bertz CT molecular complexity index is 374. The molecule has 8 heteroatoms. The number of hydrogen-bond donors (Lipinski definition) is 1. The van der Waals surface area contributed by atoms with Crippen LogP contribution in [0.4, 0.5) is 13.2 Å². The topological polar surface area (TPSA) is 61.9 Å². The zero-order chi connectivity index (χ0) is 12.3. The van der Waals surface area contributed by atoms with Crippen molar-refractivity contribution >= 4 is 5.91 Å². The van der Waals surface area contributed by atoms with Gasteiger partial charge in [-0.2, -0.15) is 18.3 Å². The van der Waals surface area contributed by atoms with Crippen LogP contribution in [0.2, 0.25) is 0 Å². The standard InChI is InChI=1S/C8H11F3N4O/c1-5-12-6(14-13-5)4-15(2)7(16)3-8(9,10)11/h3-4H2,1-2H3,(H,12,13,14). The van der Waals surface area contributed by atoms with Crippen molar-refractivity contribution in [2.45, 2.75) is 26.1 Å². The molecular formula is C8H11F3N4O. The summed E-state index contributed by atoms with van der Waals surface area (Å²) in [7, 11) is 1.28. The highest BCUT2D eigenvalue weighted by Gasteiger charge is 2.32. The van der Waals surface area contributed by atoms with Crippen LogP contribution in [0.3, 0.4) is 0 Å². The van der Waals surface area contributed by atoms with Gasteiger partial charge in [0.1, 0.15) is 12.2 Å². The van der Waals surface area contributed by atoms with Crippen molar-refractivity contribution in [3.05, 3.63) is 11.6 Å². The Labute approximate surface area is 89.7 Å². The first-order valence-corrected chi connectivity index (χ1v) is 4.46. The van der Waals surface area contributed by atoms with E-state index in [0.29, 0.717) is 5.82 Å². The minimum absolute atomic E-state index is 0.0424. The summed E-state index contributed by atoms with van der Waals surface area (Å²) in [4.78, 5) is 15.9. The van der Waals surface area contributed by atoms with Crippen molar-refractivity contribution in [2.75, 3.05) is 7.05 Å². The summed E-state index contributed by atoms with van der Waals surface area (Å²) in [6.07, 6.45) is -5.95. The summed E-state index contributed by atoms with van der Waals surface area (Å²) >= 11 is 0. The maximum absolute atomic E-state index is 11.9. The molecule has 0 radical (unpaired) electrons. The number of aromatic amines is 1. The van der Waals surface area contributed by atoms with E-state index >= 15 is 0 Å². The molecule has 1 rings (SSSR count). The summed E-state index contributed by atoms with van der Waals surface area (Å²) in [5.41, 5.74) is 0.